The van der Waals surface area contributed by atoms with Crippen molar-refractivity contribution in [3.63, 3.8) is 0 Å². The van der Waals surface area contributed by atoms with Gasteiger partial charge < -0.3 is 18.9 Å². The molecule has 0 saturated heterocycles. The molecule has 0 heterocycles. The lowest BCUT2D eigenvalue weighted by Gasteiger charge is -2.13. The maximum absolute atomic E-state index is 5.60. The summed E-state index contributed by atoms with van der Waals surface area (Å²) in [7, 11) is 3.23. The van der Waals surface area contributed by atoms with Crippen LogP contribution in [0.25, 0.3) is 0 Å². The van der Waals surface area contributed by atoms with Gasteiger partial charge in [0, 0.05) is 14.2 Å². The third-order valence-corrected chi connectivity index (χ3v) is 3.27. The van der Waals surface area contributed by atoms with Crippen LogP contribution >= 0.6 is 0 Å². The van der Waals surface area contributed by atoms with Crippen molar-refractivity contribution < 1.29 is 18.9 Å². The fourth-order valence-electron chi connectivity index (χ4n) is 2.22. The van der Waals surface area contributed by atoms with E-state index < -0.39 is 0 Å². The zero-order valence-corrected chi connectivity index (χ0v) is 13.1. The van der Waals surface area contributed by atoms with E-state index in [0.717, 1.165) is 35.5 Å². The van der Waals surface area contributed by atoms with Crippen molar-refractivity contribution in [3.8, 4) is 11.5 Å². The number of aryl methyl sites for hydroxylation is 2. The van der Waals surface area contributed by atoms with E-state index in [1.165, 1.54) is 0 Å². The van der Waals surface area contributed by atoms with Gasteiger partial charge in [0.2, 0.25) is 0 Å². The van der Waals surface area contributed by atoms with E-state index in [9.17, 15) is 0 Å². The van der Waals surface area contributed by atoms with Gasteiger partial charge in [-0.3, -0.25) is 0 Å². The van der Waals surface area contributed by atoms with E-state index in [2.05, 4.69) is 12.1 Å². The molecule has 2 aromatic rings. The summed E-state index contributed by atoms with van der Waals surface area (Å²) in [4.78, 5) is 0. The molecular weight excluding hydrogens is 280 g/mol. The van der Waals surface area contributed by atoms with Crippen molar-refractivity contribution in [2.45, 2.75) is 12.8 Å². The normalized spacial score (nSPS) is 10.5. The van der Waals surface area contributed by atoms with Gasteiger partial charge >= 0.3 is 0 Å². The largest absolute Gasteiger partial charge is 0.467 e. The smallest absolute Gasteiger partial charge is 0.188 e. The maximum atomic E-state index is 5.60. The van der Waals surface area contributed by atoms with Crippen LogP contribution in [-0.2, 0) is 22.3 Å². The molecule has 0 saturated carbocycles. The zero-order chi connectivity index (χ0) is 15.6. The molecule has 2 aromatic carbocycles. The van der Waals surface area contributed by atoms with Crippen molar-refractivity contribution in [1.82, 2.24) is 0 Å². The summed E-state index contributed by atoms with van der Waals surface area (Å²) in [6.07, 6.45) is 1.74. The van der Waals surface area contributed by atoms with E-state index in [1.54, 1.807) is 14.2 Å². The van der Waals surface area contributed by atoms with Gasteiger partial charge in [0.1, 0.15) is 11.5 Å². The van der Waals surface area contributed by atoms with E-state index in [-0.39, 0.29) is 13.6 Å². The highest BCUT2D eigenvalue weighted by Crippen LogP contribution is 2.24. The molecule has 4 nitrogen and oxygen atoms in total. The molecule has 22 heavy (non-hydrogen) atoms. The fraction of sp³-hybridized carbons (Fsp3) is 0.333. The van der Waals surface area contributed by atoms with Gasteiger partial charge in [-0.2, -0.15) is 0 Å². The van der Waals surface area contributed by atoms with Crippen molar-refractivity contribution in [1.29, 1.82) is 0 Å². The van der Waals surface area contributed by atoms with E-state index in [4.69, 9.17) is 18.9 Å². The van der Waals surface area contributed by atoms with Crippen LogP contribution in [0.15, 0.2) is 48.5 Å². The second-order valence-corrected chi connectivity index (χ2v) is 4.82. The van der Waals surface area contributed by atoms with Crippen LogP contribution in [0.4, 0.5) is 0 Å². The highest BCUT2D eigenvalue weighted by Gasteiger charge is 2.07. The molecule has 0 bridgehead atoms. The first kappa shape index (κ1) is 16.3. The lowest BCUT2D eigenvalue weighted by molar-refractivity contribution is 0.0498. The van der Waals surface area contributed by atoms with Crippen LogP contribution in [0.3, 0.4) is 0 Å². The molecule has 2 rings (SSSR count). The Morgan fingerprint density at radius 1 is 0.636 bits per heavy atom. The molecule has 0 radical (unpaired) electrons. The quantitative estimate of drug-likeness (QED) is 0.665. The average molecular weight is 302 g/mol. The van der Waals surface area contributed by atoms with Gasteiger partial charge in [0.15, 0.2) is 13.6 Å². The fourth-order valence-corrected chi connectivity index (χ4v) is 2.22. The number of rotatable bonds is 9. The third kappa shape index (κ3) is 4.76. The average Bonchev–Trinajstić information content (AvgIpc) is 2.57. The Bertz CT molecular complexity index is 517. The summed E-state index contributed by atoms with van der Waals surface area (Å²) in [6, 6.07) is 16.0. The molecule has 0 unspecified atom stereocenters. The molecule has 0 N–H and O–H groups in total. The minimum Gasteiger partial charge on any atom is -0.467 e. The van der Waals surface area contributed by atoms with Crippen LogP contribution in [0.1, 0.15) is 11.1 Å². The third-order valence-electron chi connectivity index (χ3n) is 3.27. The van der Waals surface area contributed by atoms with Gasteiger partial charge in [-0.25, -0.2) is 0 Å². The van der Waals surface area contributed by atoms with Crippen molar-refractivity contribution in [3.05, 3.63) is 59.7 Å². The molecule has 0 aliphatic heterocycles. The zero-order valence-electron chi connectivity index (χ0n) is 13.1. The predicted molar refractivity (Wildman–Crippen MR) is 85.3 cm³/mol. The Kier molecular flexibility index (Phi) is 6.74. The summed E-state index contributed by atoms with van der Waals surface area (Å²) in [5, 5.41) is 0. The molecule has 0 aliphatic rings. The Morgan fingerprint density at radius 2 is 1.05 bits per heavy atom. The van der Waals surface area contributed by atoms with Crippen molar-refractivity contribution >= 4 is 0 Å². The van der Waals surface area contributed by atoms with Crippen LogP contribution in [0, 0.1) is 0 Å². The molecule has 0 amide bonds. The molecule has 0 aromatic heterocycles. The molecular formula is C18H22O4. The molecule has 0 fully saturated rings. The first-order valence-electron chi connectivity index (χ1n) is 7.24. The first-order valence-corrected chi connectivity index (χ1v) is 7.24. The minimum atomic E-state index is 0.255. The summed E-state index contributed by atoms with van der Waals surface area (Å²) < 4.78 is 21.1. The van der Waals surface area contributed by atoms with E-state index >= 15 is 0 Å². The number of ether oxygens (including phenoxy) is 4. The molecule has 118 valence electrons. The van der Waals surface area contributed by atoms with Crippen LogP contribution < -0.4 is 9.47 Å². The molecule has 4 heteroatoms. The van der Waals surface area contributed by atoms with E-state index in [0.29, 0.717) is 0 Å². The highest BCUT2D eigenvalue weighted by atomic mass is 16.7. The van der Waals surface area contributed by atoms with Gasteiger partial charge in [0.25, 0.3) is 0 Å². The SMILES string of the molecule is COCOc1ccccc1CCc1ccccc1OCOC. The number of benzene rings is 2. The summed E-state index contributed by atoms with van der Waals surface area (Å²) in [6.45, 7) is 0.509. The van der Waals surface area contributed by atoms with Crippen molar-refractivity contribution in [2.24, 2.45) is 0 Å². The summed E-state index contributed by atoms with van der Waals surface area (Å²) in [5.41, 5.74) is 2.31. The lowest BCUT2D eigenvalue weighted by atomic mass is 10.0. The van der Waals surface area contributed by atoms with Gasteiger partial charge in [-0.1, -0.05) is 36.4 Å². The monoisotopic (exact) mass is 302 g/mol. The van der Waals surface area contributed by atoms with E-state index in [1.807, 2.05) is 36.4 Å². The van der Waals surface area contributed by atoms with Gasteiger partial charge in [0.05, 0.1) is 0 Å². The van der Waals surface area contributed by atoms with Crippen LogP contribution in [0.5, 0.6) is 11.5 Å². The standard InChI is InChI=1S/C18H22O4/c1-19-13-21-17-9-5-3-7-15(17)11-12-16-8-4-6-10-18(16)22-14-20-2/h3-10H,11-14H2,1-2H3. The van der Waals surface area contributed by atoms with Crippen molar-refractivity contribution in [2.75, 3.05) is 27.8 Å². The number of hydrogen-bond acceptors (Lipinski definition) is 4. The number of methoxy groups -OCH3 is 2. The topological polar surface area (TPSA) is 36.9 Å². The second kappa shape index (κ2) is 9.07. The first-order chi connectivity index (χ1) is 10.8. The summed E-state index contributed by atoms with van der Waals surface area (Å²) >= 11 is 0. The minimum absolute atomic E-state index is 0.255. The lowest BCUT2D eigenvalue weighted by Crippen LogP contribution is -2.04. The van der Waals surface area contributed by atoms with Crippen LogP contribution in [0.2, 0.25) is 0 Å². The summed E-state index contributed by atoms with van der Waals surface area (Å²) in [5.74, 6) is 1.72. The number of para-hydroxylation sites is 2. The second-order valence-electron chi connectivity index (χ2n) is 4.82. The Hall–Kier alpha value is -2.04. The van der Waals surface area contributed by atoms with Gasteiger partial charge in [-0.15, -0.1) is 0 Å². The Labute approximate surface area is 131 Å². The Balaban J connectivity index is 2.04. The maximum Gasteiger partial charge on any atom is 0.188 e. The molecule has 0 spiro atoms. The number of hydrogen-bond donors (Lipinski definition) is 0. The Morgan fingerprint density at radius 3 is 1.45 bits per heavy atom. The highest BCUT2D eigenvalue weighted by molar-refractivity contribution is 5.37. The van der Waals surface area contributed by atoms with Gasteiger partial charge in [-0.05, 0) is 36.1 Å². The molecule has 0 atom stereocenters. The van der Waals surface area contributed by atoms with Crippen LogP contribution in [-0.4, -0.2) is 27.8 Å². The predicted octanol–water partition coefficient (Wildman–Crippen LogP) is 3.44. The molecule has 0 aliphatic carbocycles.